The van der Waals surface area contributed by atoms with Gasteiger partial charge in [-0.2, -0.15) is 11.8 Å². The van der Waals surface area contributed by atoms with E-state index in [9.17, 15) is 4.79 Å². The molecule has 2 aliphatic rings. The van der Waals surface area contributed by atoms with E-state index in [2.05, 4.69) is 19.2 Å². The summed E-state index contributed by atoms with van der Waals surface area (Å²) in [6.45, 7) is 6.23. The van der Waals surface area contributed by atoms with E-state index in [-0.39, 0.29) is 23.2 Å². The van der Waals surface area contributed by atoms with Crippen LogP contribution in [0.15, 0.2) is 0 Å². The Kier molecular flexibility index (Phi) is 5.29. The summed E-state index contributed by atoms with van der Waals surface area (Å²) in [5.74, 6) is 3.22. The van der Waals surface area contributed by atoms with Gasteiger partial charge < -0.3 is 4.90 Å². The van der Waals surface area contributed by atoms with Crippen molar-refractivity contribution in [2.45, 2.75) is 24.6 Å². The zero-order valence-electron chi connectivity index (χ0n) is 9.69. The van der Waals surface area contributed by atoms with Crippen molar-refractivity contribution in [2.75, 3.05) is 30.5 Å². The van der Waals surface area contributed by atoms with Gasteiger partial charge in [0.05, 0.1) is 6.04 Å². The number of halogens is 1. The number of hydrogen-bond donors (Lipinski definition) is 1. The maximum atomic E-state index is 12.1. The topological polar surface area (TPSA) is 32.3 Å². The summed E-state index contributed by atoms with van der Waals surface area (Å²) in [4.78, 5) is 14.2. The molecule has 0 aromatic carbocycles. The molecule has 2 saturated heterocycles. The van der Waals surface area contributed by atoms with E-state index in [4.69, 9.17) is 0 Å². The van der Waals surface area contributed by atoms with Crippen molar-refractivity contribution in [1.29, 1.82) is 0 Å². The second-order valence-electron chi connectivity index (χ2n) is 4.64. The van der Waals surface area contributed by atoms with Gasteiger partial charge in [-0.05, 0) is 13.8 Å². The Hall–Kier alpha value is 0.420. The van der Waals surface area contributed by atoms with Gasteiger partial charge in [-0.15, -0.1) is 24.2 Å². The highest BCUT2D eigenvalue weighted by Crippen LogP contribution is 2.30. The third kappa shape index (κ3) is 3.45. The fraction of sp³-hybridized carbons (Fsp3) is 0.900. The first-order valence-corrected chi connectivity index (χ1v) is 7.46. The molecule has 3 nitrogen and oxygen atoms in total. The van der Waals surface area contributed by atoms with Crippen molar-refractivity contribution in [3.63, 3.8) is 0 Å². The summed E-state index contributed by atoms with van der Waals surface area (Å²) in [5.41, 5.74) is 0. The zero-order valence-corrected chi connectivity index (χ0v) is 12.1. The molecule has 2 rings (SSSR count). The van der Waals surface area contributed by atoms with Crippen LogP contribution in [0, 0.1) is 0 Å². The standard InChI is InChI=1S/C10H18N2OS2.ClH/c1-10(2)6-12(3-4-15-10)9(13)8-5-14-7-11-8;/h8,11H,3-7H2,1-2H3;1H/t8-;/m1./s1. The normalized spacial score (nSPS) is 28.6. The monoisotopic (exact) mass is 282 g/mol. The van der Waals surface area contributed by atoms with Crippen LogP contribution < -0.4 is 5.32 Å². The van der Waals surface area contributed by atoms with Crippen LogP contribution in [-0.4, -0.2) is 52.1 Å². The quantitative estimate of drug-likeness (QED) is 0.789. The molecule has 6 heteroatoms. The molecule has 0 saturated carbocycles. The first kappa shape index (κ1) is 14.5. The molecule has 0 aromatic rings. The number of carbonyl (C=O) groups is 1. The minimum atomic E-state index is 0. The third-order valence-electron chi connectivity index (χ3n) is 2.75. The molecule has 94 valence electrons. The fourth-order valence-corrected chi connectivity index (χ4v) is 4.02. The van der Waals surface area contributed by atoms with Crippen molar-refractivity contribution in [3.05, 3.63) is 0 Å². The molecule has 0 radical (unpaired) electrons. The second kappa shape index (κ2) is 5.85. The van der Waals surface area contributed by atoms with Crippen molar-refractivity contribution in [3.8, 4) is 0 Å². The highest BCUT2D eigenvalue weighted by molar-refractivity contribution is 8.00. The van der Waals surface area contributed by atoms with Gasteiger partial charge in [0.2, 0.25) is 5.91 Å². The first-order chi connectivity index (χ1) is 7.08. The maximum absolute atomic E-state index is 12.1. The summed E-state index contributed by atoms with van der Waals surface area (Å²) in [7, 11) is 0. The molecular formula is C10H19ClN2OS2. The van der Waals surface area contributed by atoms with Crippen molar-refractivity contribution < 1.29 is 4.79 Å². The van der Waals surface area contributed by atoms with E-state index >= 15 is 0 Å². The van der Waals surface area contributed by atoms with Crippen LogP contribution >= 0.6 is 35.9 Å². The molecule has 0 aromatic heterocycles. The van der Waals surface area contributed by atoms with Crippen LogP contribution in [0.3, 0.4) is 0 Å². The van der Waals surface area contributed by atoms with Crippen LogP contribution in [-0.2, 0) is 4.79 Å². The highest BCUT2D eigenvalue weighted by Gasteiger charge is 2.33. The molecule has 1 N–H and O–H groups in total. The lowest BCUT2D eigenvalue weighted by molar-refractivity contribution is -0.132. The lowest BCUT2D eigenvalue weighted by Crippen LogP contribution is -2.52. The van der Waals surface area contributed by atoms with Gasteiger partial charge in [-0.25, -0.2) is 0 Å². The van der Waals surface area contributed by atoms with Gasteiger partial charge in [0.15, 0.2) is 0 Å². The van der Waals surface area contributed by atoms with Gasteiger partial charge >= 0.3 is 0 Å². The van der Waals surface area contributed by atoms with Crippen molar-refractivity contribution >= 4 is 41.8 Å². The Labute approximate surface area is 112 Å². The van der Waals surface area contributed by atoms with Crippen molar-refractivity contribution in [1.82, 2.24) is 10.2 Å². The molecule has 1 atom stereocenters. The number of nitrogens with zero attached hydrogens (tertiary/aromatic N) is 1. The smallest absolute Gasteiger partial charge is 0.240 e. The average molecular weight is 283 g/mol. The molecule has 1 amide bonds. The van der Waals surface area contributed by atoms with E-state index in [1.165, 1.54) is 0 Å². The largest absolute Gasteiger partial charge is 0.339 e. The van der Waals surface area contributed by atoms with Crippen LogP contribution in [0.2, 0.25) is 0 Å². The van der Waals surface area contributed by atoms with Gasteiger partial charge in [-0.1, -0.05) is 0 Å². The molecular weight excluding hydrogens is 264 g/mol. The predicted molar refractivity (Wildman–Crippen MR) is 74.6 cm³/mol. The Bertz CT molecular complexity index is 257. The van der Waals surface area contributed by atoms with Crippen LogP contribution in [0.25, 0.3) is 0 Å². The molecule has 0 aliphatic carbocycles. The fourth-order valence-electron chi connectivity index (χ4n) is 1.98. The number of amides is 1. The minimum Gasteiger partial charge on any atom is -0.339 e. The average Bonchev–Trinajstić information content (AvgIpc) is 2.67. The molecule has 0 unspecified atom stereocenters. The lowest BCUT2D eigenvalue weighted by atomic mass is 10.1. The van der Waals surface area contributed by atoms with E-state index in [1.54, 1.807) is 0 Å². The lowest BCUT2D eigenvalue weighted by Gasteiger charge is -2.38. The molecule has 0 spiro atoms. The summed E-state index contributed by atoms with van der Waals surface area (Å²) < 4.78 is 0.222. The Balaban J connectivity index is 0.00000128. The Morgan fingerprint density at radius 1 is 1.50 bits per heavy atom. The molecule has 2 fully saturated rings. The van der Waals surface area contributed by atoms with Crippen LogP contribution in [0.1, 0.15) is 13.8 Å². The SMILES string of the molecule is CC1(C)CN(C(=O)[C@H]2CSCN2)CCS1.Cl. The molecule has 0 bridgehead atoms. The molecule has 16 heavy (non-hydrogen) atoms. The minimum absolute atomic E-state index is 0. The van der Waals surface area contributed by atoms with Crippen LogP contribution in [0.4, 0.5) is 0 Å². The summed E-state index contributed by atoms with van der Waals surface area (Å²) in [6, 6.07) is 0.0638. The van der Waals surface area contributed by atoms with E-state index in [0.717, 1.165) is 30.5 Å². The van der Waals surface area contributed by atoms with Gasteiger partial charge in [0.1, 0.15) is 0 Å². The number of nitrogens with one attached hydrogen (secondary N) is 1. The van der Waals surface area contributed by atoms with E-state index in [1.807, 2.05) is 28.4 Å². The third-order valence-corrected chi connectivity index (χ3v) is 4.99. The summed E-state index contributed by atoms with van der Waals surface area (Å²) in [6.07, 6.45) is 0. The number of thioether (sulfide) groups is 2. The number of carbonyl (C=O) groups excluding carboxylic acids is 1. The highest BCUT2D eigenvalue weighted by atomic mass is 35.5. The van der Waals surface area contributed by atoms with Crippen molar-refractivity contribution in [2.24, 2.45) is 0 Å². The molecule has 2 aliphatic heterocycles. The maximum Gasteiger partial charge on any atom is 0.240 e. The number of hydrogen-bond acceptors (Lipinski definition) is 4. The van der Waals surface area contributed by atoms with Crippen LogP contribution in [0.5, 0.6) is 0 Å². The van der Waals surface area contributed by atoms with Gasteiger partial charge in [-0.3, -0.25) is 10.1 Å². The summed E-state index contributed by atoms with van der Waals surface area (Å²) >= 11 is 3.78. The Morgan fingerprint density at radius 3 is 2.81 bits per heavy atom. The number of rotatable bonds is 1. The Morgan fingerprint density at radius 2 is 2.25 bits per heavy atom. The van der Waals surface area contributed by atoms with Gasteiger partial charge in [0.25, 0.3) is 0 Å². The zero-order chi connectivity index (χ0) is 10.9. The molecule has 2 heterocycles. The van der Waals surface area contributed by atoms with Gasteiger partial charge in [0, 0.05) is 35.2 Å². The first-order valence-electron chi connectivity index (χ1n) is 5.32. The van der Waals surface area contributed by atoms with E-state index in [0.29, 0.717) is 5.91 Å². The second-order valence-corrected chi connectivity index (χ2v) is 7.47. The van der Waals surface area contributed by atoms with E-state index < -0.39 is 0 Å². The predicted octanol–water partition coefficient (Wildman–Crippen LogP) is 1.42. The summed E-state index contributed by atoms with van der Waals surface area (Å²) in [5, 5.41) is 3.25.